The smallest absolute Gasteiger partial charge is 0.0208 e. The van der Waals surface area contributed by atoms with E-state index in [1.54, 1.807) is 0 Å². The highest BCUT2D eigenvalue weighted by Gasteiger charge is 2.44. The molecule has 0 radical (unpaired) electrons. The van der Waals surface area contributed by atoms with Gasteiger partial charge in [0.15, 0.2) is 0 Å². The predicted octanol–water partition coefficient (Wildman–Crippen LogP) is 7.40. The van der Waals surface area contributed by atoms with E-state index in [2.05, 4.69) is 142 Å². The molecule has 2 heteroatoms. The van der Waals surface area contributed by atoms with Crippen LogP contribution in [0.1, 0.15) is 33.6 Å². The van der Waals surface area contributed by atoms with Crippen molar-refractivity contribution in [2.24, 2.45) is 5.41 Å². The van der Waals surface area contributed by atoms with Gasteiger partial charge in [0.05, 0.1) is 0 Å². The van der Waals surface area contributed by atoms with Crippen LogP contribution >= 0.6 is 15.8 Å². The van der Waals surface area contributed by atoms with Crippen molar-refractivity contribution in [3.05, 3.63) is 121 Å². The second kappa shape index (κ2) is 11.2. The monoisotopic (exact) mass is 468 g/mol. The molecule has 4 rings (SSSR count). The second-order valence-electron chi connectivity index (χ2n) is 8.82. The van der Waals surface area contributed by atoms with E-state index >= 15 is 0 Å². The van der Waals surface area contributed by atoms with Crippen LogP contribution in [0.15, 0.2) is 121 Å². The van der Waals surface area contributed by atoms with Gasteiger partial charge in [0.2, 0.25) is 0 Å². The first-order valence-corrected chi connectivity index (χ1v) is 14.8. The van der Waals surface area contributed by atoms with Crippen LogP contribution in [0.25, 0.3) is 0 Å². The topological polar surface area (TPSA) is 0 Å². The lowest BCUT2D eigenvalue weighted by Crippen LogP contribution is -2.38. The quantitative estimate of drug-likeness (QED) is 0.225. The minimum atomic E-state index is -0.572. The molecule has 0 atom stereocenters. The predicted molar refractivity (Wildman–Crippen MR) is 151 cm³/mol. The van der Waals surface area contributed by atoms with E-state index < -0.39 is 15.8 Å². The van der Waals surface area contributed by atoms with Crippen molar-refractivity contribution < 1.29 is 0 Å². The van der Waals surface area contributed by atoms with Crippen molar-refractivity contribution in [3.8, 4) is 0 Å². The molecule has 0 N–H and O–H groups in total. The van der Waals surface area contributed by atoms with Gasteiger partial charge in [0.1, 0.15) is 0 Å². The average molecular weight is 469 g/mol. The second-order valence-corrected chi connectivity index (χ2v) is 13.8. The van der Waals surface area contributed by atoms with E-state index in [0.29, 0.717) is 5.40 Å². The zero-order valence-electron chi connectivity index (χ0n) is 19.9. The minimum Gasteiger partial charge on any atom is -0.0648 e. The molecule has 0 aliphatic heterocycles. The van der Waals surface area contributed by atoms with Gasteiger partial charge >= 0.3 is 0 Å². The fraction of sp³-hybridized carbons (Fsp3) is 0.226. The summed E-state index contributed by atoms with van der Waals surface area (Å²) < 4.78 is 0. The molecule has 33 heavy (non-hydrogen) atoms. The van der Waals surface area contributed by atoms with Gasteiger partial charge < -0.3 is 0 Å². The number of benzene rings is 4. The first-order valence-electron chi connectivity index (χ1n) is 12.0. The van der Waals surface area contributed by atoms with E-state index in [1.165, 1.54) is 34.1 Å². The zero-order valence-corrected chi connectivity index (χ0v) is 21.7. The summed E-state index contributed by atoms with van der Waals surface area (Å²) in [6.45, 7) is 7.33. The van der Waals surface area contributed by atoms with Gasteiger partial charge in [-0.3, -0.25) is 0 Å². The van der Waals surface area contributed by atoms with Crippen LogP contribution in [0.4, 0.5) is 0 Å². The summed E-state index contributed by atoms with van der Waals surface area (Å²) in [6, 6.07) is 45.2. The summed E-state index contributed by atoms with van der Waals surface area (Å²) in [4.78, 5) is 0. The third kappa shape index (κ3) is 5.30. The molecule has 0 fully saturated rings. The minimum absolute atomic E-state index is 0.217. The molecule has 0 aromatic heterocycles. The molecule has 0 spiro atoms. The zero-order chi connectivity index (χ0) is 23.1. The number of rotatable bonds is 9. The molecule has 0 heterocycles. The van der Waals surface area contributed by atoms with Crippen molar-refractivity contribution in [2.75, 3.05) is 0 Å². The molecule has 4 aromatic carbocycles. The van der Waals surface area contributed by atoms with Gasteiger partial charge in [0, 0.05) is 5.40 Å². The van der Waals surface area contributed by atoms with Crippen LogP contribution in [0.2, 0.25) is 0 Å². The molecule has 0 bridgehead atoms. The molecular formula is C31H34P2. The Hall–Kier alpha value is -2.26. The molecule has 0 aliphatic carbocycles. The van der Waals surface area contributed by atoms with Crippen molar-refractivity contribution in [3.63, 3.8) is 0 Å². The van der Waals surface area contributed by atoms with Gasteiger partial charge in [-0.05, 0) is 55.3 Å². The van der Waals surface area contributed by atoms with E-state index in [0.717, 1.165) is 0 Å². The van der Waals surface area contributed by atoms with Crippen LogP contribution < -0.4 is 21.2 Å². The fourth-order valence-electron chi connectivity index (χ4n) is 4.57. The molecular weight excluding hydrogens is 434 g/mol. The maximum atomic E-state index is 2.54. The Morgan fingerprint density at radius 1 is 0.485 bits per heavy atom. The average Bonchev–Trinajstić information content (AvgIpc) is 2.90. The Morgan fingerprint density at radius 3 is 0.939 bits per heavy atom. The molecule has 0 nitrogen and oxygen atoms in total. The highest BCUT2D eigenvalue weighted by molar-refractivity contribution is 7.89. The lowest BCUT2D eigenvalue weighted by molar-refractivity contribution is 0.327. The lowest BCUT2D eigenvalue weighted by Gasteiger charge is -2.47. The van der Waals surface area contributed by atoms with Crippen LogP contribution in [0.5, 0.6) is 0 Å². The van der Waals surface area contributed by atoms with Gasteiger partial charge in [-0.2, -0.15) is 0 Å². The molecule has 168 valence electrons. The molecule has 0 saturated heterocycles. The molecule has 0 saturated carbocycles. The normalized spacial score (nSPS) is 11.9. The van der Waals surface area contributed by atoms with Crippen LogP contribution in [0, 0.1) is 5.41 Å². The Labute approximate surface area is 202 Å². The van der Waals surface area contributed by atoms with E-state index in [1.807, 2.05) is 0 Å². The SMILES string of the molecule is CCC(C)(CC)C(P(c1ccccc1)c1ccccc1)P(c1ccccc1)c1ccccc1. The van der Waals surface area contributed by atoms with Crippen molar-refractivity contribution in [2.45, 2.75) is 39.0 Å². The van der Waals surface area contributed by atoms with Crippen LogP contribution in [-0.4, -0.2) is 5.40 Å². The summed E-state index contributed by atoms with van der Waals surface area (Å²) in [5.41, 5.74) is 0.217. The molecule has 4 aromatic rings. The standard InChI is InChI=1S/C31H34P2/c1-4-31(3,5-2)30(32(26-18-10-6-11-19-26)27-20-12-7-13-21-27)33(28-22-14-8-15-23-28)29-24-16-9-17-25-29/h6-25,30H,4-5H2,1-3H3. The summed E-state index contributed by atoms with van der Waals surface area (Å²) in [5.74, 6) is 0. The Kier molecular flexibility index (Phi) is 8.14. The van der Waals surface area contributed by atoms with Crippen molar-refractivity contribution in [1.29, 1.82) is 0 Å². The van der Waals surface area contributed by atoms with Crippen molar-refractivity contribution >= 4 is 37.1 Å². The van der Waals surface area contributed by atoms with Crippen LogP contribution in [0.3, 0.4) is 0 Å². The molecule has 0 unspecified atom stereocenters. The highest BCUT2D eigenvalue weighted by atomic mass is 31.2. The lowest BCUT2D eigenvalue weighted by atomic mass is 9.87. The first kappa shape index (κ1) is 23.9. The fourth-order valence-corrected chi connectivity index (χ4v) is 12.8. The third-order valence-corrected chi connectivity index (χ3v) is 13.9. The van der Waals surface area contributed by atoms with E-state index in [-0.39, 0.29) is 5.41 Å². The van der Waals surface area contributed by atoms with Crippen LogP contribution in [-0.2, 0) is 0 Å². The summed E-state index contributed by atoms with van der Waals surface area (Å²) in [6.07, 6.45) is 2.34. The number of hydrogen-bond donors (Lipinski definition) is 0. The Balaban J connectivity index is 2.02. The third-order valence-electron chi connectivity index (χ3n) is 6.87. The maximum Gasteiger partial charge on any atom is 0.0208 e. The summed E-state index contributed by atoms with van der Waals surface area (Å²) in [5, 5.41) is 6.45. The van der Waals surface area contributed by atoms with E-state index in [9.17, 15) is 0 Å². The molecule has 0 aliphatic rings. The summed E-state index contributed by atoms with van der Waals surface area (Å²) >= 11 is 0. The number of hydrogen-bond acceptors (Lipinski definition) is 0. The van der Waals surface area contributed by atoms with Gasteiger partial charge in [-0.25, -0.2) is 0 Å². The van der Waals surface area contributed by atoms with E-state index in [4.69, 9.17) is 0 Å². The highest BCUT2D eigenvalue weighted by Crippen LogP contribution is 2.64. The molecule has 0 amide bonds. The largest absolute Gasteiger partial charge is 0.0648 e. The maximum absolute atomic E-state index is 2.54. The van der Waals surface area contributed by atoms with Crippen molar-refractivity contribution in [1.82, 2.24) is 0 Å². The summed E-state index contributed by atoms with van der Waals surface area (Å²) in [7, 11) is -1.14. The van der Waals surface area contributed by atoms with Gasteiger partial charge in [-0.15, -0.1) is 0 Å². The Morgan fingerprint density at radius 2 is 0.727 bits per heavy atom. The Bertz CT molecular complexity index is 929. The van der Waals surface area contributed by atoms with Gasteiger partial charge in [0.25, 0.3) is 0 Å². The van der Waals surface area contributed by atoms with Gasteiger partial charge in [-0.1, -0.05) is 142 Å². The first-order chi connectivity index (χ1) is 16.2.